The molecule has 5 N–H and O–H groups in total. The molecule has 2 aromatic carbocycles. The van der Waals surface area contributed by atoms with Gasteiger partial charge in [-0.15, -0.1) is 0 Å². The molecule has 2 aromatic rings. The monoisotopic (exact) mass is 568 g/mol. The van der Waals surface area contributed by atoms with Gasteiger partial charge < -0.3 is 25.8 Å². The van der Waals surface area contributed by atoms with Gasteiger partial charge in [0.05, 0.1) is 18.2 Å². The maximum atomic E-state index is 13.5. The molecular weight excluding hydrogens is 520 g/mol. The summed E-state index contributed by atoms with van der Waals surface area (Å²) < 4.78 is 5.45. The van der Waals surface area contributed by atoms with E-state index in [4.69, 9.17) is 4.74 Å². The fourth-order valence-electron chi connectivity index (χ4n) is 4.53. The first kappa shape index (κ1) is 33.9. The summed E-state index contributed by atoms with van der Waals surface area (Å²) in [5.41, 5.74) is 1.11. The van der Waals surface area contributed by atoms with Gasteiger partial charge in [0.15, 0.2) is 0 Å². The Morgan fingerprint density at radius 1 is 0.854 bits per heavy atom. The molecule has 2 rings (SSSR count). The Kier molecular flexibility index (Phi) is 14.0. The van der Waals surface area contributed by atoms with E-state index in [0.717, 1.165) is 11.1 Å². The van der Waals surface area contributed by atoms with Crippen LogP contribution in [0.4, 0.5) is 4.79 Å². The number of ether oxygens (including phenoxy) is 1. The van der Waals surface area contributed by atoms with E-state index in [-0.39, 0.29) is 12.3 Å². The van der Waals surface area contributed by atoms with E-state index in [9.17, 15) is 19.5 Å². The van der Waals surface area contributed by atoms with Crippen molar-refractivity contribution in [1.82, 2.24) is 21.3 Å². The minimum Gasteiger partial charge on any atom is -0.444 e. The summed E-state index contributed by atoms with van der Waals surface area (Å²) in [7, 11) is 1.83. The molecule has 0 aliphatic rings. The molecule has 0 spiro atoms. The van der Waals surface area contributed by atoms with Crippen molar-refractivity contribution in [2.45, 2.75) is 77.7 Å². The Labute approximate surface area is 244 Å². The average Bonchev–Trinajstić information content (AvgIpc) is 2.90. The number of aliphatic hydroxyl groups is 1. The topological polar surface area (TPSA) is 129 Å². The van der Waals surface area contributed by atoms with Crippen molar-refractivity contribution in [3.05, 3.63) is 71.8 Å². The van der Waals surface area contributed by atoms with E-state index in [1.165, 1.54) is 0 Å². The number of aliphatic hydroxyl groups excluding tert-OH is 1. The molecule has 0 fully saturated rings. The zero-order valence-electron chi connectivity index (χ0n) is 25.3. The number of rotatable bonds is 15. The zero-order chi connectivity index (χ0) is 30.4. The lowest BCUT2D eigenvalue weighted by atomic mass is 9.88. The van der Waals surface area contributed by atoms with Crippen LogP contribution in [0.15, 0.2) is 60.7 Å². The van der Waals surface area contributed by atoms with Crippen LogP contribution < -0.4 is 21.3 Å². The highest BCUT2D eigenvalue weighted by Gasteiger charge is 2.32. The molecule has 9 nitrogen and oxygen atoms in total. The lowest BCUT2D eigenvalue weighted by molar-refractivity contribution is -0.135. The number of hydrogen-bond donors (Lipinski definition) is 5. The summed E-state index contributed by atoms with van der Waals surface area (Å²) in [5, 5.41) is 23.1. The van der Waals surface area contributed by atoms with Crippen LogP contribution in [-0.2, 0) is 27.2 Å². The van der Waals surface area contributed by atoms with Crippen molar-refractivity contribution in [2.24, 2.45) is 11.8 Å². The average molecular weight is 569 g/mol. The number of imide groups is 1. The van der Waals surface area contributed by atoms with E-state index < -0.39 is 47.6 Å². The van der Waals surface area contributed by atoms with Crippen molar-refractivity contribution in [1.29, 1.82) is 0 Å². The van der Waals surface area contributed by atoms with E-state index in [2.05, 4.69) is 21.3 Å². The van der Waals surface area contributed by atoms with E-state index >= 15 is 0 Å². The second-order valence-corrected chi connectivity index (χ2v) is 11.8. The van der Waals surface area contributed by atoms with Gasteiger partial charge in [-0.05, 0) is 64.1 Å². The number of amides is 3. The predicted octanol–water partition coefficient (Wildman–Crippen LogP) is 3.21. The molecule has 9 heteroatoms. The van der Waals surface area contributed by atoms with Crippen LogP contribution in [0.25, 0.3) is 0 Å². The van der Waals surface area contributed by atoms with E-state index in [0.29, 0.717) is 25.9 Å². The molecule has 0 aliphatic heterocycles. The van der Waals surface area contributed by atoms with Crippen LogP contribution >= 0.6 is 0 Å². The standard InChI is InChI=1S/C32H48N4O5/c1-22(2)28(34-18-17-33-6)30(39)36-29(38)25(19-23-13-9-7-10-14-23)21-27(37)26(20-24-15-11-8-12-16-24)35-31(40)41-32(3,4)5/h7-16,22,25-28,33-34,37H,17-21H2,1-6H3,(H,35,40)(H,36,38,39)/t25?,26-,27-,28+/m0/s1. The van der Waals surface area contributed by atoms with Gasteiger partial charge in [-0.3, -0.25) is 14.9 Å². The molecule has 0 aliphatic carbocycles. The smallest absolute Gasteiger partial charge is 0.407 e. The van der Waals surface area contributed by atoms with E-state index in [1.807, 2.05) is 81.6 Å². The SMILES string of the molecule is CNCCN[C@@H](C(=O)NC(=O)C(Cc1ccccc1)C[C@H](O)[C@H](Cc1ccccc1)NC(=O)OC(C)(C)C)C(C)C. The first-order chi connectivity index (χ1) is 19.4. The van der Waals surface area contributed by atoms with E-state index in [1.54, 1.807) is 20.8 Å². The van der Waals surface area contributed by atoms with Gasteiger partial charge >= 0.3 is 6.09 Å². The van der Waals surface area contributed by atoms with Gasteiger partial charge in [0, 0.05) is 19.0 Å². The summed E-state index contributed by atoms with van der Waals surface area (Å²) in [6, 6.07) is 17.7. The molecular formula is C32H48N4O5. The molecule has 0 saturated heterocycles. The Bertz CT molecular complexity index is 1070. The Balaban J connectivity index is 2.26. The first-order valence-electron chi connectivity index (χ1n) is 14.4. The highest BCUT2D eigenvalue weighted by Crippen LogP contribution is 2.20. The zero-order valence-corrected chi connectivity index (χ0v) is 25.3. The minimum absolute atomic E-state index is 0.0286. The van der Waals surface area contributed by atoms with Crippen LogP contribution in [0.3, 0.4) is 0 Å². The largest absolute Gasteiger partial charge is 0.444 e. The van der Waals surface area contributed by atoms with Gasteiger partial charge in [-0.1, -0.05) is 74.5 Å². The van der Waals surface area contributed by atoms with Gasteiger partial charge in [0.1, 0.15) is 5.60 Å². The third-order valence-electron chi connectivity index (χ3n) is 6.62. The highest BCUT2D eigenvalue weighted by molar-refractivity contribution is 5.98. The maximum Gasteiger partial charge on any atom is 0.407 e. The highest BCUT2D eigenvalue weighted by atomic mass is 16.6. The fourth-order valence-corrected chi connectivity index (χ4v) is 4.53. The number of carbonyl (C=O) groups excluding carboxylic acids is 3. The summed E-state index contributed by atoms with van der Waals surface area (Å²) in [6.45, 7) is 10.4. The number of carbonyl (C=O) groups is 3. The number of likely N-dealkylation sites (N-methyl/N-ethyl adjacent to an activating group) is 1. The Hall–Kier alpha value is -3.27. The summed E-state index contributed by atoms with van der Waals surface area (Å²) in [4.78, 5) is 39.4. The molecule has 41 heavy (non-hydrogen) atoms. The summed E-state index contributed by atoms with van der Waals surface area (Å²) in [5.74, 6) is -1.62. The number of hydrogen-bond acceptors (Lipinski definition) is 7. The van der Waals surface area contributed by atoms with Gasteiger partial charge in [-0.2, -0.15) is 0 Å². The minimum atomic E-state index is -1.09. The van der Waals surface area contributed by atoms with Crippen LogP contribution in [0.2, 0.25) is 0 Å². The van der Waals surface area contributed by atoms with Crippen molar-refractivity contribution in [2.75, 3.05) is 20.1 Å². The molecule has 4 atom stereocenters. The molecule has 226 valence electrons. The third-order valence-corrected chi connectivity index (χ3v) is 6.62. The van der Waals surface area contributed by atoms with Crippen molar-refractivity contribution in [3.63, 3.8) is 0 Å². The third kappa shape index (κ3) is 12.8. The van der Waals surface area contributed by atoms with Crippen molar-refractivity contribution < 1.29 is 24.2 Å². The molecule has 0 aromatic heterocycles. The molecule has 3 amide bonds. The maximum absolute atomic E-state index is 13.5. The first-order valence-corrected chi connectivity index (χ1v) is 14.4. The van der Waals surface area contributed by atoms with Crippen molar-refractivity contribution in [3.8, 4) is 0 Å². The Morgan fingerprint density at radius 2 is 1.41 bits per heavy atom. The lowest BCUT2D eigenvalue weighted by Gasteiger charge is -2.29. The van der Waals surface area contributed by atoms with Crippen LogP contribution in [0.1, 0.15) is 52.2 Å². The summed E-state index contributed by atoms with van der Waals surface area (Å²) >= 11 is 0. The van der Waals surface area contributed by atoms with Gasteiger partial charge in [-0.25, -0.2) is 4.79 Å². The number of benzene rings is 2. The lowest BCUT2D eigenvalue weighted by Crippen LogP contribution is -2.52. The van der Waals surface area contributed by atoms with Crippen LogP contribution in [-0.4, -0.2) is 66.9 Å². The summed E-state index contributed by atoms with van der Waals surface area (Å²) in [6.07, 6.45) is -1.05. The fraction of sp³-hybridized carbons (Fsp3) is 0.531. The van der Waals surface area contributed by atoms with Crippen LogP contribution in [0.5, 0.6) is 0 Å². The van der Waals surface area contributed by atoms with Crippen molar-refractivity contribution >= 4 is 17.9 Å². The predicted molar refractivity (Wildman–Crippen MR) is 161 cm³/mol. The normalized spacial score (nSPS) is 14.5. The molecule has 0 bridgehead atoms. The second kappa shape index (κ2) is 16.9. The number of nitrogens with one attached hydrogen (secondary N) is 4. The Morgan fingerprint density at radius 3 is 1.93 bits per heavy atom. The molecule has 0 saturated carbocycles. The molecule has 0 radical (unpaired) electrons. The molecule has 0 heterocycles. The van der Waals surface area contributed by atoms with Gasteiger partial charge in [0.25, 0.3) is 0 Å². The number of alkyl carbamates (subject to hydrolysis) is 1. The molecule has 1 unspecified atom stereocenters. The quantitative estimate of drug-likeness (QED) is 0.209. The second-order valence-electron chi connectivity index (χ2n) is 11.8. The van der Waals surface area contributed by atoms with Crippen LogP contribution in [0, 0.1) is 11.8 Å². The van der Waals surface area contributed by atoms with Gasteiger partial charge in [0.2, 0.25) is 11.8 Å².